The summed E-state index contributed by atoms with van der Waals surface area (Å²) >= 11 is 0. The van der Waals surface area contributed by atoms with Crippen molar-refractivity contribution in [3.8, 4) is 5.75 Å². The van der Waals surface area contributed by atoms with Gasteiger partial charge in [0.05, 0.1) is 0 Å². The summed E-state index contributed by atoms with van der Waals surface area (Å²) in [6.45, 7) is 6.16. The molecule has 1 N–H and O–H groups in total. The summed E-state index contributed by atoms with van der Waals surface area (Å²) in [5, 5.41) is 2.95. The molecule has 1 heterocycles. The SMILES string of the molecule is CC(Oc1ccccc1)C(=O)NCCCCN1CCCC1. The molecule has 0 aliphatic carbocycles. The van der Waals surface area contributed by atoms with Crippen molar-refractivity contribution in [3.63, 3.8) is 0 Å². The van der Waals surface area contributed by atoms with Gasteiger partial charge in [0.2, 0.25) is 0 Å². The first kappa shape index (κ1) is 15.8. The zero-order chi connectivity index (χ0) is 14.9. The number of carbonyl (C=O) groups is 1. The molecule has 4 nitrogen and oxygen atoms in total. The number of ether oxygens (including phenoxy) is 1. The molecule has 116 valence electrons. The van der Waals surface area contributed by atoms with Gasteiger partial charge in [-0.1, -0.05) is 18.2 Å². The zero-order valence-corrected chi connectivity index (χ0v) is 12.9. The van der Waals surface area contributed by atoms with Crippen LogP contribution in [0.25, 0.3) is 0 Å². The van der Waals surface area contributed by atoms with Gasteiger partial charge in [0.25, 0.3) is 5.91 Å². The number of benzene rings is 1. The minimum atomic E-state index is -0.453. The number of nitrogens with one attached hydrogen (secondary N) is 1. The van der Waals surface area contributed by atoms with Gasteiger partial charge in [0, 0.05) is 6.54 Å². The van der Waals surface area contributed by atoms with E-state index in [1.165, 1.54) is 25.9 Å². The van der Waals surface area contributed by atoms with Crippen LogP contribution in [0.4, 0.5) is 0 Å². The van der Waals surface area contributed by atoms with Gasteiger partial charge in [-0.05, 0) is 64.4 Å². The van der Waals surface area contributed by atoms with Crippen molar-refractivity contribution in [2.45, 2.75) is 38.7 Å². The Kier molecular flexibility index (Phi) is 6.54. The first-order valence-corrected chi connectivity index (χ1v) is 7.97. The molecule has 1 atom stereocenters. The largest absolute Gasteiger partial charge is 0.481 e. The fraction of sp³-hybridized carbons (Fsp3) is 0.588. The molecule has 0 saturated carbocycles. The average molecular weight is 290 g/mol. The van der Waals surface area contributed by atoms with Crippen LogP contribution in [0.2, 0.25) is 0 Å². The highest BCUT2D eigenvalue weighted by Crippen LogP contribution is 2.11. The smallest absolute Gasteiger partial charge is 0.260 e. The van der Waals surface area contributed by atoms with Gasteiger partial charge < -0.3 is 15.0 Å². The van der Waals surface area contributed by atoms with Crippen LogP contribution in [0, 0.1) is 0 Å². The highest BCUT2D eigenvalue weighted by atomic mass is 16.5. The van der Waals surface area contributed by atoms with Gasteiger partial charge in [-0.25, -0.2) is 0 Å². The summed E-state index contributed by atoms with van der Waals surface area (Å²) in [4.78, 5) is 14.4. The third-order valence-electron chi connectivity index (χ3n) is 3.82. The van der Waals surface area contributed by atoms with Gasteiger partial charge in [-0.3, -0.25) is 4.79 Å². The van der Waals surface area contributed by atoms with Crippen LogP contribution >= 0.6 is 0 Å². The molecular weight excluding hydrogens is 264 g/mol. The number of carbonyl (C=O) groups excluding carboxylic acids is 1. The lowest BCUT2D eigenvalue weighted by Gasteiger charge is -2.16. The molecule has 1 saturated heterocycles. The van der Waals surface area contributed by atoms with E-state index in [2.05, 4.69) is 10.2 Å². The lowest BCUT2D eigenvalue weighted by atomic mass is 10.2. The molecule has 1 aliphatic rings. The van der Waals surface area contributed by atoms with Crippen molar-refractivity contribution in [2.24, 2.45) is 0 Å². The normalized spacial score (nSPS) is 16.6. The fourth-order valence-corrected chi connectivity index (χ4v) is 2.58. The minimum absolute atomic E-state index is 0.0416. The van der Waals surface area contributed by atoms with Crippen molar-refractivity contribution < 1.29 is 9.53 Å². The lowest BCUT2D eigenvalue weighted by Crippen LogP contribution is -2.37. The highest BCUT2D eigenvalue weighted by molar-refractivity contribution is 5.80. The predicted octanol–water partition coefficient (Wildman–Crippen LogP) is 2.45. The minimum Gasteiger partial charge on any atom is -0.481 e. The molecular formula is C17H26N2O2. The molecule has 0 radical (unpaired) electrons. The molecule has 0 bridgehead atoms. The molecule has 1 aromatic carbocycles. The van der Waals surface area contributed by atoms with Crippen molar-refractivity contribution in [3.05, 3.63) is 30.3 Å². The molecule has 1 fully saturated rings. The Morgan fingerprint density at radius 1 is 1.24 bits per heavy atom. The van der Waals surface area contributed by atoms with Gasteiger partial charge in [0.15, 0.2) is 6.10 Å². The van der Waals surface area contributed by atoms with E-state index in [4.69, 9.17) is 4.74 Å². The number of rotatable bonds is 8. The number of para-hydroxylation sites is 1. The van der Waals surface area contributed by atoms with Gasteiger partial charge >= 0.3 is 0 Å². The third-order valence-corrected chi connectivity index (χ3v) is 3.82. The van der Waals surface area contributed by atoms with E-state index < -0.39 is 6.10 Å². The second-order valence-electron chi connectivity index (χ2n) is 5.62. The van der Waals surface area contributed by atoms with E-state index in [0.29, 0.717) is 0 Å². The summed E-state index contributed by atoms with van der Waals surface area (Å²) in [6, 6.07) is 9.45. The molecule has 1 amide bonds. The summed E-state index contributed by atoms with van der Waals surface area (Å²) in [7, 11) is 0. The molecule has 21 heavy (non-hydrogen) atoms. The van der Waals surface area contributed by atoms with E-state index in [-0.39, 0.29) is 5.91 Å². The molecule has 0 spiro atoms. The Bertz CT molecular complexity index is 416. The molecule has 0 aromatic heterocycles. The second kappa shape index (κ2) is 8.67. The van der Waals surface area contributed by atoms with Crippen LogP contribution in [-0.2, 0) is 4.79 Å². The molecule has 1 aromatic rings. The summed E-state index contributed by atoms with van der Waals surface area (Å²) in [6.07, 6.45) is 4.40. The number of amides is 1. The quantitative estimate of drug-likeness (QED) is 0.748. The lowest BCUT2D eigenvalue weighted by molar-refractivity contribution is -0.127. The predicted molar refractivity (Wildman–Crippen MR) is 84.4 cm³/mol. The first-order valence-electron chi connectivity index (χ1n) is 7.97. The maximum Gasteiger partial charge on any atom is 0.260 e. The van der Waals surface area contributed by atoms with Crippen LogP contribution in [-0.4, -0.2) is 43.1 Å². The van der Waals surface area contributed by atoms with Crippen molar-refractivity contribution >= 4 is 5.91 Å². The van der Waals surface area contributed by atoms with Crippen molar-refractivity contribution in [2.75, 3.05) is 26.2 Å². The third kappa shape index (κ3) is 5.76. The number of hydrogen-bond donors (Lipinski definition) is 1. The van der Waals surface area contributed by atoms with E-state index in [1.807, 2.05) is 30.3 Å². The van der Waals surface area contributed by atoms with E-state index >= 15 is 0 Å². The van der Waals surface area contributed by atoms with Crippen LogP contribution < -0.4 is 10.1 Å². The summed E-state index contributed by atoms with van der Waals surface area (Å²) in [5.74, 6) is 0.689. The van der Waals surface area contributed by atoms with Crippen LogP contribution in [0.5, 0.6) is 5.75 Å². The monoisotopic (exact) mass is 290 g/mol. The first-order chi connectivity index (χ1) is 10.3. The standard InChI is InChI=1S/C17H26N2O2/c1-15(21-16-9-3-2-4-10-16)17(20)18-11-5-6-12-19-13-7-8-14-19/h2-4,9-10,15H,5-8,11-14H2,1H3,(H,18,20). The maximum absolute atomic E-state index is 11.9. The average Bonchev–Trinajstić information content (AvgIpc) is 3.01. The number of hydrogen-bond acceptors (Lipinski definition) is 3. The van der Waals surface area contributed by atoms with Gasteiger partial charge in [-0.2, -0.15) is 0 Å². The second-order valence-corrected chi connectivity index (χ2v) is 5.62. The summed E-state index contributed by atoms with van der Waals surface area (Å²) in [5.41, 5.74) is 0. The van der Waals surface area contributed by atoms with Crippen LogP contribution in [0.1, 0.15) is 32.6 Å². The van der Waals surface area contributed by atoms with Gasteiger partial charge in [-0.15, -0.1) is 0 Å². The van der Waals surface area contributed by atoms with Gasteiger partial charge in [0.1, 0.15) is 5.75 Å². The molecule has 4 heteroatoms. The Labute approximate surface area is 127 Å². The van der Waals surface area contributed by atoms with E-state index in [9.17, 15) is 4.79 Å². The van der Waals surface area contributed by atoms with E-state index in [1.54, 1.807) is 6.92 Å². The zero-order valence-electron chi connectivity index (χ0n) is 12.9. The Balaban J connectivity index is 1.56. The van der Waals surface area contributed by atoms with Crippen molar-refractivity contribution in [1.82, 2.24) is 10.2 Å². The maximum atomic E-state index is 11.9. The van der Waals surface area contributed by atoms with Crippen molar-refractivity contribution in [1.29, 1.82) is 0 Å². The number of nitrogens with zero attached hydrogens (tertiary/aromatic N) is 1. The van der Waals surface area contributed by atoms with E-state index in [0.717, 1.165) is 31.7 Å². The Morgan fingerprint density at radius 3 is 2.67 bits per heavy atom. The number of unbranched alkanes of at least 4 members (excludes halogenated alkanes) is 1. The van der Waals surface area contributed by atoms with Crippen LogP contribution in [0.3, 0.4) is 0 Å². The summed E-state index contributed by atoms with van der Waals surface area (Å²) < 4.78 is 5.59. The van der Waals surface area contributed by atoms with Crippen LogP contribution in [0.15, 0.2) is 30.3 Å². The molecule has 2 rings (SSSR count). The Morgan fingerprint density at radius 2 is 1.95 bits per heavy atom. The fourth-order valence-electron chi connectivity index (χ4n) is 2.58. The molecule has 1 aliphatic heterocycles. The topological polar surface area (TPSA) is 41.6 Å². The number of likely N-dealkylation sites (tertiary alicyclic amines) is 1. The molecule has 1 unspecified atom stereocenters. The highest BCUT2D eigenvalue weighted by Gasteiger charge is 2.14. The Hall–Kier alpha value is -1.55.